The van der Waals surface area contributed by atoms with Gasteiger partial charge in [-0.15, -0.1) is 15.3 Å². The summed E-state index contributed by atoms with van der Waals surface area (Å²) >= 11 is 0. The summed E-state index contributed by atoms with van der Waals surface area (Å²) in [4.78, 5) is 3.50. The van der Waals surface area contributed by atoms with Gasteiger partial charge in [0.2, 0.25) is 11.7 Å². The largest absolute Gasteiger partial charge is 0.407 e. The highest BCUT2D eigenvalue weighted by atomic mass is 16.5. The smallest absolute Gasteiger partial charge is 0.318 e. The minimum absolute atomic E-state index is 0.178. The van der Waals surface area contributed by atoms with Crippen molar-refractivity contribution in [1.29, 1.82) is 0 Å². The molecule has 1 atom stereocenters. The molecule has 0 unspecified atom stereocenters. The van der Waals surface area contributed by atoms with Crippen LogP contribution in [0.2, 0.25) is 0 Å². The average Bonchev–Trinajstić information content (AvgIpc) is 3.22. The number of ether oxygens (including phenoxy) is 2. The summed E-state index contributed by atoms with van der Waals surface area (Å²) in [7, 11) is 1.64. The van der Waals surface area contributed by atoms with E-state index in [1.165, 1.54) is 4.80 Å². The van der Waals surface area contributed by atoms with Gasteiger partial charge in [-0.05, 0) is 5.21 Å². The third kappa shape index (κ3) is 3.70. The molecule has 0 N–H and O–H groups in total. The van der Waals surface area contributed by atoms with E-state index in [4.69, 9.17) is 13.9 Å². The molecule has 132 valence electrons. The molecule has 0 bridgehead atoms. The van der Waals surface area contributed by atoms with Crippen molar-refractivity contribution in [2.24, 2.45) is 0 Å². The maximum Gasteiger partial charge on any atom is 0.318 e. The summed E-state index contributed by atoms with van der Waals surface area (Å²) in [5.74, 6) is 1.16. The second-order valence-corrected chi connectivity index (χ2v) is 6.68. The maximum absolute atomic E-state index is 5.80. The number of rotatable bonds is 5. The Labute approximate surface area is 140 Å². The second-order valence-electron chi connectivity index (χ2n) is 6.68. The highest BCUT2D eigenvalue weighted by Gasteiger charge is 2.30. The monoisotopic (exact) mass is 337 g/mol. The first-order chi connectivity index (χ1) is 11.5. The predicted octanol–water partition coefficient (Wildman–Crippen LogP) is 0.578. The minimum atomic E-state index is -0.278. The zero-order valence-electron chi connectivity index (χ0n) is 14.5. The van der Waals surface area contributed by atoms with Gasteiger partial charge < -0.3 is 18.8 Å². The first kappa shape index (κ1) is 16.8. The van der Waals surface area contributed by atoms with Crippen molar-refractivity contribution < 1.29 is 13.9 Å². The van der Waals surface area contributed by atoms with E-state index in [1.54, 1.807) is 7.11 Å². The number of nitrogens with zero attached hydrogens (tertiary/aromatic N) is 7. The Hall–Kier alpha value is -2.07. The highest BCUT2D eigenvalue weighted by molar-refractivity contribution is 5.26. The lowest BCUT2D eigenvalue weighted by molar-refractivity contribution is 0.0319. The molecule has 3 heterocycles. The van der Waals surface area contributed by atoms with E-state index >= 15 is 0 Å². The molecule has 0 saturated carbocycles. The van der Waals surface area contributed by atoms with Crippen LogP contribution in [0.5, 0.6) is 0 Å². The molecule has 2 aromatic rings. The minimum Gasteiger partial charge on any atom is -0.407 e. The van der Waals surface area contributed by atoms with Gasteiger partial charge in [0, 0.05) is 19.1 Å². The third-order valence-electron chi connectivity index (χ3n) is 3.64. The van der Waals surface area contributed by atoms with E-state index in [0.717, 1.165) is 0 Å². The van der Waals surface area contributed by atoms with E-state index in [9.17, 15) is 0 Å². The van der Waals surface area contributed by atoms with E-state index < -0.39 is 0 Å². The molecule has 0 amide bonds. The standard InChI is InChI=1S/C14H23N7O3/c1-14(2,3)12-16-17-13(24-12)20-5-8-23-10(9-20)11-15-19-21(18-11)6-7-22-4/h10H,5-9H2,1-4H3/t10-/m1/s1. The number of tetrazole rings is 1. The van der Waals surface area contributed by atoms with Crippen LogP contribution in [0.4, 0.5) is 6.01 Å². The lowest BCUT2D eigenvalue weighted by Crippen LogP contribution is -2.39. The lowest BCUT2D eigenvalue weighted by atomic mass is 9.97. The van der Waals surface area contributed by atoms with Crippen molar-refractivity contribution >= 4 is 6.01 Å². The Bertz CT molecular complexity index is 663. The number of hydrogen-bond acceptors (Lipinski definition) is 9. The second kappa shape index (κ2) is 6.81. The molecule has 0 radical (unpaired) electrons. The van der Waals surface area contributed by atoms with Crippen molar-refractivity contribution in [2.75, 3.05) is 38.3 Å². The van der Waals surface area contributed by atoms with Crippen molar-refractivity contribution in [3.63, 3.8) is 0 Å². The summed E-state index contributed by atoms with van der Waals surface area (Å²) in [5, 5.41) is 20.7. The van der Waals surface area contributed by atoms with Crippen LogP contribution in [0, 0.1) is 0 Å². The third-order valence-corrected chi connectivity index (χ3v) is 3.64. The van der Waals surface area contributed by atoms with E-state index in [1.807, 2.05) is 25.7 Å². The van der Waals surface area contributed by atoms with Crippen molar-refractivity contribution in [2.45, 2.75) is 38.8 Å². The normalized spacial score (nSPS) is 19.0. The van der Waals surface area contributed by atoms with Gasteiger partial charge in [0.25, 0.3) is 0 Å². The molecule has 2 aromatic heterocycles. The molecule has 3 rings (SSSR count). The number of methoxy groups -OCH3 is 1. The number of aromatic nitrogens is 6. The zero-order valence-corrected chi connectivity index (χ0v) is 14.5. The van der Waals surface area contributed by atoms with Crippen LogP contribution in [0.1, 0.15) is 38.6 Å². The highest BCUT2D eigenvalue weighted by Crippen LogP contribution is 2.27. The number of hydrogen-bond donors (Lipinski definition) is 0. The summed E-state index contributed by atoms with van der Waals surface area (Å²) in [5.41, 5.74) is -0.178. The van der Waals surface area contributed by atoms with Gasteiger partial charge in [0.1, 0.15) is 6.10 Å². The molecular weight excluding hydrogens is 314 g/mol. The van der Waals surface area contributed by atoms with Crippen molar-refractivity contribution in [3.05, 3.63) is 11.7 Å². The van der Waals surface area contributed by atoms with Gasteiger partial charge in [-0.25, -0.2) is 0 Å². The molecule has 0 aliphatic carbocycles. The molecule has 1 fully saturated rings. The van der Waals surface area contributed by atoms with Gasteiger partial charge in [0.15, 0.2) is 0 Å². The first-order valence-corrected chi connectivity index (χ1v) is 7.94. The van der Waals surface area contributed by atoms with Crippen molar-refractivity contribution in [1.82, 2.24) is 30.4 Å². The van der Waals surface area contributed by atoms with Gasteiger partial charge in [0.05, 0.1) is 26.3 Å². The zero-order chi connectivity index (χ0) is 17.2. The fraction of sp³-hybridized carbons (Fsp3) is 0.786. The lowest BCUT2D eigenvalue weighted by Gasteiger charge is -2.29. The fourth-order valence-corrected chi connectivity index (χ4v) is 2.28. The summed E-state index contributed by atoms with van der Waals surface area (Å²) < 4.78 is 16.6. The molecule has 1 aliphatic rings. The molecule has 0 spiro atoms. The first-order valence-electron chi connectivity index (χ1n) is 7.94. The SMILES string of the molecule is COCCn1nnc([C@H]2CN(c3nnc(C(C)(C)C)o3)CCO2)n1. The van der Waals surface area contributed by atoms with Crippen LogP contribution in [0.3, 0.4) is 0 Å². The van der Waals surface area contributed by atoms with Gasteiger partial charge in [-0.1, -0.05) is 25.9 Å². The van der Waals surface area contributed by atoms with Crippen LogP contribution >= 0.6 is 0 Å². The van der Waals surface area contributed by atoms with E-state index in [0.29, 0.717) is 50.6 Å². The summed E-state index contributed by atoms with van der Waals surface area (Å²) in [6, 6.07) is 0.500. The van der Waals surface area contributed by atoms with Crippen LogP contribution in [0.15, 0.2) is 4.42 Å². The quantitative estimate of drug-likeness (QED) is 0.774. The van der Waals surface area contributed by atoms with Gasteiger partial charge in [-0.2, -0.15) is 4.80 Å². The molecule has 1 aliphatic heterocycles. The van der Waals surface area contributed by atoms with E-state index in [-0.39, 0.29) is 11.5 Å². The Balaban J connectivity index is 1.68. The Kier molecular flexibility index (Phi) is 4.76. The van der Waals surface area contributed by atoms with Crippen LogP contribution in [-0.4, -0.2) is 63.8 Å². The van der Waals surface area contributed by atoms with E-state index in [2.05, 4.69) is 25.6 Å². The molecule has 10 heteroatoms. The summed E-state index contributed by atoms with van der Waals surface area (Å²) in [6.45, 7) is 8.95. The van der Waals surface area contributed by atoms with Crippen LogP contribution in [0.25, 0.3) is 0 Å². The predicted molar refractivity (Wildman–Crippen MR) is 83.6 cm³/mol. The van der Waals surface area contributed by atoms with Gasteiger partial charge in [-0.3, -0.25) is 0 Å². The summed E-state index contributed by atoms with van der Waals surface area (Å²) in [6.07, 6.45) is -0.278. The fourth-order valence-electron chi connectivity index (χ4n) is 2.28. The Morgan fingerprint density at radius 3 is 2.79 bits per heavy atom. The molecule has 10 nitrogen and oxygen atoms in total. The topological polar surface area (TPSA) is 104 Å². The molecule has 0 aromatic carbocycles. The Morgan fingerprint density at radius 1 is 1.25 bits per heavy atom. The van der Waals surface area contributed by atoms with Crippen LogP contribution in [-0.2, 0) is 21.4 Å². The Morgan fingerprint density at radius 2 is 2.08 bits per heavy atom. The maximum atomic E-state index is 5.80. The number of morpholine rings is 1. The molecular formula is C14H23N7O3. The molecule has 1 saturated heterocycles. The van der Waals surface area contributed by atoms with Crippen LogP contribution < -0.4 is 4.90 Å². The molecule has 24 heavy (non-hydrogen) atoms. The van der Waals surface area contributed by atoms with Crippen molar-refractivity contribution in [3.8, 4) is 0 Å². The number of anilines is 1. The van der Waals surface area contributed by atoms with Gasteiger partial charge >= 0.3 is 6.01 Å². The average molecular weight is 337 g/mol.